The lowest BCUT2D eigenvalue weighted by Crippen LogP contribution is -2.25. The van der Waals surface area contributed by atoms with E-state index in [1.54, 1.807) is 0 Å². The first-order valence-corrected chi connectivity index (χ1v) is 7.45. The topological polar surface area (TPSA) is 67.6 Å². The molecule has 0 aliphatic rings. The van der Waals surface area contributed by atoms with Crippen molar-refractivity contribution in [3.8, 4) is 0 Å². The van der Waals surface area contributed by atoms with Gasteiger partial charge in [-0.1, -0.05) is 6.07 Å². The van der Waals surface area contributed by atoms with Gasteiger partial charge in [-0.25, -0.2) is 0 Å². The van der Waals surface area contributed by atoms with Crippen LogP contribution in [0.3, 0.4) is 0 Å². The molecule has 0 spiro atoms. The fourth-order valence-corrected chi connectivity index (χ4v) is 1.99. The Morgan fingerprint density at radius 3 is 2.86 bits per heavy atom. The third kappa shape index (κ3) is 6.60. The van der Waals surface area contributed by atoms with Gasteiger partial charge in [-0.2, -0.15) is 0 Å². The third-order valence-corrected chi connectivity index (χ3v) is 3.41. The zero-order valence-electron chi connectivity index (χ0n) is 13.3. The molecule has 0 fully saturated rings. The maximum Gasteiger partial charge on any atom is 0.224 e. The maximum absolute atomic E-state index is 11.9. The van der Waals surface area contributed by atoms with Gasteiger partial charge in [-0.05, 0) is 51.6 Å². The highest BCUT2D eigenvalue weighted by Crippen LogP contribution is 2.20. The summed E-state index contributed by atoms with van der Waals surface area (Å²) < 4.78 is 5.30. The SMILES string of the molecule is CCOCCN(C)CCCC(=O)Nc1cccc(N)c1C. The Balaban J connectivity index is 2.26. The van der Waals surface area contributed by atoms with Crippen molar-refractivity contribution >= 4 is 17.3 Å². The van der Waals surface area contributed by atoms with Gasteiger partial charge in [-0.15, -0.1) is 0 Å². The number of nitrogens with two attached hydrogens (primary N) is 1. The Bertz CT molecular complexity index is 449. The summed E-state index contributed by atoms with van der Waals surface area (Å²) in [7, 11) is 2.04. The molecule has 0 aromatic heterocycles. The number of nitrogen functional groups attached to an aromatic ring is 1. The predicted octanol–water partition coefficient (Wildman–Crippen LogP) is 2.26. The van der Waals surface area contributed by atoms with Crippen molar-refractivity contribution in [2.45, 2.75) is 26.7 Å². The van der Waals surface area contributed by atoms with E-state index < -0.39 is 0 Å². The summed E-state index contributed by atoms with van der Waals surface area (Å²) in [6.07, 6.45) is 1.34. The standard InChI is InChI=1S/C16H27N3O2/c1-4-21-12-11-19(3)10-6-9-16(20)18-15-8-5-7-14(17)13(15)2/h5,7-8H,4,6,9-12,17H2,1-3H3,(H,18,20). The lowest BCUT2D eigenvalue weighted by molar-refractivity contribution is -0.116. The summed E-state index contributed by atoms with van der Waals surface area (Å²) in [5, 5.41) is 2.91. The summed E-state index contributed by atoms with van der Waals surface area (Å²) >= 11 is 0. The lowest BCUT2D eigenvalue weighted by atomic mass is 10.1. The van der Waals surface area contributed by atoms with Crippen LogP contribution >= 0.6 is 0 Å². The molecule has 0 aliphatic carbocycles. The molecule has 0 aliphatic heterocycles. The van der Waals surface area contributed by atoms with Gasteiger partial charge in [0.1, 0.15) is 0 Å². The quantitative estimate of drug-likeness (QED) is 0.541. The van der Waals surface area contributed by atoms with Gasteiger partial charge in [0, 0.05) is 30.9 Å². The Morgan fingerprint density at radius 2 is 2.14 bits per heavy atom. The molecular weight excluding hydrogens is 266 g/mol. The van der Waals surface area contributed by atoms with Gasteiger partial charge in [0.05, 0.1) is 6.61 Å². The van der Waals surface area contributed by atoms with Crippen molar-refractivity contribution in [3.63, 3.8) is 0 Å². The van der Waals surface area contributed by atoms with Crippen molar-refractivity contribution in [3.05, 3.63) is 23.8 Å². The van der Waals surface area contributed by atoms with Gasteiger partial charge in [0.15, 0.2) is 0 Å². The van der Waals surface area contributed by atoms with E-state index in [1.807, 2.05) is 39.1 Å². The van der Waals surface area contributed by atoms with E-state index in [2.05, 4.69) is 10.2 Å². The maximum atomic E-state index is 11.9. The zero-order chi connectivity index (χ0) is 15.7. The number of amides is 1. The summed E-state index contributed by atoms with van der Waals surface area (Å²) in [6, 6.07) is 5.55. The van der Waals surface area contributed by atoms with E-state index >= 15 is 0 Å². The second-order valence-corrected chi connectivity index (χ2v) is 5.17. The number of ether oxygens (including phenoxy) is 1. The molecule has 118 valence electrons. The number of hydrogen-bond acceptors (Lipinski definition) is 4. The van der Waals surface area contributed by atoms with Crippen LogP contribution in [-0.4, -0.2) is 44.2 Å². The van der Waals surface area contributed by atoms with Crippen molar-refractivity contribution in [2.75, 3.05) is 44.4 Å². The molecule has 0 saturated carbocycles. The van der Waals surface area contributed by atoms with Gasteiger partial charge in [0.2, 0.25) is 5.91 Å². The highest BCUT2D eigenvalue weighted by molar-refractivity contribution is 5.92. The van der Waals surface area contributed by atoms with Crippen LogP contribution in [0.4, 0.5) is 11.4 Å². The van der Waals surface area contributed by atoms with Crippen LogP contribution in [0.25, 0.3) is 0 Å². The van der Waals surface area contributed by atoms with Crippen molar-refractivity contribution < 1.29 is 9.53 Å². The first-order valence-electron chi connectivity index (χ1n) is 7.45. The lowest BCUT2D eigenvalue weighted by Gasteiger charge is -2.16. The van der Waals surface area contributed by atoms with Gasteiger partial charge >= 0.3 is 0 Å². The Labute approximate surface area is 127 Å². The zero-order valence-corrected chi connectivity index (χ0v) is 13.3. The van der Waals surface area contributed by atoms with Crippen molar-refractivity contribution in [1.82, 2.24) is 4.90 Å². The van der Waals surface area contributed by atoms with Crippen LogP contribution in [0.2, 0.25) is 0 Å². The number of anilines is 2. The first kappa shape index (κ1) is 17.5. The van der Waals surface area contributed by atoms with Crippen LogP contribution in [0, 0.1) is 6.92 Å². The molecule has 1 amide bonds. The number of hydrogen-bond donors (Lipinski definition) is 2. The van der Waals surface area contributed by atoms with Gasteiger partial charge < -0.3 is 20.7 Å². The Hall–Kier alpha value is -1.59. The highest BCUT2D eigenvalue weighted by Gasteiger charge is 2.07. The van der Waals surface area contributed by atoms with Crippen LogP contribution in [0.5, 0.6) is 0 Å². The molecule has 0 atom stereocenters. The predicted molar refractivity (Wildman–Crippen MR) is 87.4 cm³/mol. The molecule has 0 bridgehead atoms. The van der Waals surface area contributed by atoms with Crippen LogP contribution in [0.15, 0.2) is 18.2 Å². The number of nitrogens with one attached hydrogen (secondary N) is 1. The molecule has 1 rings (SSSR count). The molecule has 0 unspecified atom stereocenters. The van der Waals surface area contributed by atoms with E-state index in [9.17, 15) is 4.79 Å². The third-order valence-electron chi connectivity index (χ3n) is 3.41. The Kier molecular flexibility index (Phi) is 7.79. The van der Waals surface area contributed by atoms with E-state index in [0.717, 1.165) is 44.0 Å². The molecule has 1 aromatic rings. The minimum Gasteiger partial charge on any atom is -0.398 e. The summed E-state index contributed by atoms with van der Waals surface area (Å²) in [4.78, 5) is 14.1. The fourth-order valence-electron chi connectivity index (χ4n) is 1.99. The van der Waals surface area contributed by atoms with Crippen LogP contribution in [0.1, 0.15) is 25.3 Å². The molecule has 21 heavy (non-hydrogen) atoms. The van der Waals surface area contributed by atoms with E-state index in [-0.39, 0.29) is 5.91 Å². The van der Waals surface area contributed by atoms with Gasteiger partial charge in [-0.3, -0.25) is 4.79 Å². The molecule has 3 N–H and O–H groups in total. The molecule has 0 saturated heterocycles. The number of benzene rings is 1. The minimum atomic E-state index is 0.0295. The van der Waals surface area contributed by atoms with Gasteiger partial charge in [0.25, 0.3) is 0 Å². The van der Waals surface area contributed by atoms with E-state index in [0.29, 0.717) is 12.1 Å². The van der Waals surface area contributed by atoms with E-state index in [4.69, 9.17) is 10.5 Å². The molecule has 5 heteroatoms. The average Bonchev–Trinajstić information content (AvgIpc) is 2.44. The summed E-state index contributed by atoms with van der Waals surface area (Å²) in [5.41, 5.74) is 8.23. The molecule has 5 nitrogen and oxygen atoms in total. The van der Waals surface area contributed by atoms with Crippen molar-refractivity contribution in [2.24, 2.45) is 0 Å². The van der Waals surface area contributed by atoms with Crippen LogP contribution in [-0.2, 0) is 9.53 Å². The van der Waals surface area contributed by atoms with E-state index in [1.165, 1.54) is 0 Å². The largest absolute Gasteiger partial charge is 0.398 e. The number of carbonyl (C=O) groups excluding carboxylic acids is 1. The Morgan fingerprint density at radius 1 is 1.38 bits per heavy atom. The monoisotopic (exact) mass is 293 g/mol. The number of rotatable bonds is 9. The minimum absolute atomic E-state index is 0.0295. The number of nitrogens with zero attached hydrogens (tertiary/aromatic N) is 1. The molecule has 1 aromatic carbocycles. The summed E-state index contributed by atoms with van der Waals surface area (Å²) in [6.45, 7) is 7.16. The second kappa shape index (κ2) is 9.37. The first-order chi connectivity index (χ1) is 10.0. The average molecular weight is 293 g/mol. The summed E-state index contributed by atoms with van der Waals surface area (Å²) in [5.74, 6) is 0.0295. The molecule has 0 heterocycles. The fraction of sp³-hybridized carbons (Fsp3) is 0.562. The highest BCUT2D eigenvalue weighted by atomic mass is 16.5. The normalized spacial score (nSPS) is 10.9. The molecular formula is C16H27N3O2. The van der Waals surface area contributed by atoms with Crippen molar-refractivity contribution in [1.29, 1.82) is 0 Å². The number of likely N-dealkylation sites (N-methyl/N-ethyl adjacent to an activating group) is 1. The smallest absolute Gasteiger partial charge is 0.224 e. The second-order valence-electron chi connectivity index (χ2n) is 5.17. The molecule has 0 radical (unpaired) electrons. The number of carbonyl (C=O) groups is 1. The van der Waals surface area contributed by atoms with Crippen LogP contribution < -0.4 is 11.1 Å².